The predicted molar refractivity (Wildman–Crippen MR) is 312 cm³/mol. The van der Waals surface area contributed by atoms with Crippen molar-refractivity contribution in [3.63, 3.8) is 0 Å². The Bertz CT molecular complexity index is 1370. The summed E-state index contributed by atoms with van der Waals surface area (Å²) < 4.78 is 34.4. The molecule has 0 aromatic rings. The van der Waals surface area contributed by atoms with E-state index in [-0.39, 0.29) is 32.0 Å². The van der Waals surface area contributed by atoms with E-state index in [1.807, 2.05) is 21.1 Å². The van der Waals surface area contributed by atoms with Gasteiger partial charge in [0, 0.05) is 12.8 Å². The van der Waals surface area contributed by atoms with Crippen LogP contribution in [0, 0.1) is 0 Å². The molecule has 0 aliphatic carbocycles. The number of rotatable bonds is 57. The summed E-state index contributed by atoms with van der Waals surface area (Å²) in [4.78, 5) is 35.5. The Balaban J connectivity index is 3.84. The maximum atomic E-state index is 12.8. The fourth-order valence-corrected chi connectivity index (χ4v) is 9.53. The number of allylic oxidation sites excluding steroid dienone is 8. The van der Waals surface area contributed by atoms with Crippen LogP contribution in [-0.4, -0.2) is 74.9 Å². The Hall–Kier alpha value is -2.03. The zero-order valence-corrected chi connectivity index (χ0v) is 49.5. The van der Waals surface area contributed by atoms with Crippen LogP contribution < -0.4 is 0 Å². The highest BCUT2D eigenvalue weighted by Crippen LogP contribution is 2.43. The van der Waals surface area contributed by atoms with Gasteiger partial charge in [0.15, 0.2) is 6.10 Å². The van der Waals surface area contributed by atoms with Gasteiger partial charge in [-0.2, -0.15) is 0 Å². The molecule has 0 radical (unpaired) electrons. The number of ether oxygens (including phenoxy) is 2. The minimum absolute atomic E-state index is 0.0317. The van der Waals surface area contributed by atoms with Gasteiger partial charge >= 0.3 is 19.8 Å². The number of carbonyl (C=O) groups excluding carboxylic acids is 2. The van der Waals surface area contributed by atoms with Gasteiger partial charge in [-0.1, -0.05) is 255 Å². The third kappa shape index (κ3) is 59.1. The molecule has 1 N–H and O–H groups in total. The summed E-state index contributed by atoms with van der Waals surface area (Å²) in [6.45, 7) is 4.37. The first-order valence-electron chi connectivity index (χ1n) is 30.9. The van der Waals surface area contributed by atoms with Gasteiger partial charge in [0.05, 0.1) is 27.7 Å². The first kappa shape index (κ1) is 71.0. The van der Waals surface area contributed by atoms with Gasteiger partial charge in [-0.05, 0) is 70.6 Å². The van der Waals surface area contributed by atoms with Gasteiger partial charge < -0.3 is 18.9 Å². The lowest BCUT2D eigenvalue weighted by molar-refractivity contribution is -0.870. The van der Waals surface area contributed by atoms with Crippen molar-refractivity contribution in [1.29, 1.82) is 0 Å². The Morgan fingerprint density at radius 2 is 0.767 bits per heavy atom. The largest absolute Gasteiger partial charge is 0.472 e. The van der Waals surface area contributed by atoms with Crippen molar-refractivity contribution >= 4 is 19.8 Å². The lowest BCUT2D eigenvalue weighted by atomic mass is 10.0. The molecule has 428 valence electrons. The SMILES string of the molecule is CCC/C=C\CCCCCCCC(=O)OCC(COP(=O)(O)OCC[N+](C)(C)C)OC(=O)CCCCCCCCCCCCCCCCCCCCCCCCCC/C=C\C/C=C\C/C=C\CCCCCCC. The predicted octanol–water partition coefficient (Wildman–Crippen LogP) is 19.3. The van der Waals surface area contributed by atoms with Gasteiger partial charge in [0.25, 0.3) is 0 Å². The maximum absolute atomic E-state index is 12.8. The third-order valence-electron chi connectivity index (χ3n) is 13.6. The number of hydrogen-bond donors (Lipinski definition) is 1. The number of phosphoric acid groups is 1. The molecule has 0 heterocycles. The molecule has 0 fully saturated rings. The van der Waals surface area contributed by atoms with E-state index in [1.54, 1.807) is 0 Å². The number of carbonyl (C=O) groups is 2. The van der Waals surface area contributed by atoms with Gasteiger partial charge in [-0.15, -0.1) is 0 Å². The average molecular weight is 1050 g/mol. The molecule has 0 spiro atoms. The summed E-state index contributed by atoms with van der Waals surface area (Å²) in [5.41, 5.74) is 0. The van der Waals surface area contributed by atoms with Crippen LogP contribution in [0.25, 0.3) is 0 Å². The van der Waals surface area contributed by atoms with Crippen LogP contribution >= 0.6 is 7.82 Å². The summed E-state index contributed by atoms with van der Waals surface area (Å²) >= 11 is 0. The number of unbranched alkanes of at least 4 members (excludes halogenated alkanes) is 35. The smallest absolute Gasteiger partial charge is 0.462 e. The number of likely N-dealkylation sites (N-methyl/N-ethyl adjacent to an activating group) is 1. The Labute approximate surface area is 452 Å². The number of phosphoric ester groups is 1. The van der Waals surface area contributed by atoms with Crippen LogP contribution in [0.2, 0.25) is 0 Å². The zero-order chi connectivity index (χ0) is 53.5. The molecule has 0 aliphatic heterocycles. The minimum Gasteiger partial charge on any atom is -0.462 e. The van der Waals surface area contributed by atoms with E-state index in [9.17, 15) is 19.0 Å². The highest BCUT2D eigenvalue weighted by molar-refractivity contribution is 7.47. The molecule has 10 heteroatoms. The molecule has 0 amide bonds. The molecule has 0 bridgehead atoms. The molecule has 73 heavy (non-hydrogen) atoms. The Morgan fingerprint density at radius 1 is 0.425 bits per heavy atom. The van der Waals surface area contributed by atoms with Crippen LogP contribution in [-0.2, 0) is 32.7 Å². The lowest BCUT2D eigenvalue weighted by Gasteiger charge is -2.24. The first-order valence-corrected chi connectivity index (χ1v) is 32.4. The molecule has 2 unspecified atom stereocenters. The van der Waals surface area contributed by atoms with E-state index in [2.05, 4.69) is 62.5 Å². The first-order chi connectivity index (χ1) is 35.5. The van der Waals surface area contributed by atoms with Crippen LogP contribution in [0.1, 0.15) is 290 Å². The van der Waals surface area contributed by atoms with Crippen LogP contribution in [0.15, 0.2) is 48.6 Å². The molecule has 9 nitrogen and oxygen atoms in total. The van der Waals surface area contributed by atoms with Gasteiger partial charge in [0.2, 0.25) is 0 Å². The molecular weight excluding hydrogens is 930 g/mol. The monoisotopic (exact) mass is 1050 g/mol. The topological polar surface area (TPSA) is 108 Å². The fourth-order valence-electron chi connectivity index (χ4n) is 8.79. The second-order valence-corrected chi connectivity index (χ2v) is 23.5. The van der Waals surface area contributed by atoms with Gasteiger partial charge in [0.1, 0.15) is 19.8 Å². The standard InChI is InChI=1S/C63H118NO8P/c1-6-8-10-12-14-16-18-19-20-21-22-23-24-25-26-27-28-29-30-31-32-33-34-35-36-37-38-39-40-41-42-43-44-45-46-48-50-52-54-56-63(66)72-61(60-71-73(67,68)70-58-57-64(3,4)5)59-69-62(65)55-53-51-49-47-17-15-13-11-9-7-2/h11,13,18-19,21-22,24-25,61H,6-10,12,14-17,20,23,26-60H2,1-5H3/p+1/b13-11-,19-18-,22-21-,25-24-. The third-order valence-corrected chi connectivity index (χ3v) is 14.5. The summed E-state index contributed by atoms with van der Waals surface area (Å²) in [6.07, 6.45) is 69.5. The summed E-state index contributed by atoms with van der Waals surface area (Å²) in [5.74, 6) is -0.800. The Kier molecular flexibility index (Phi) is 53.2. The van der Waals surface area contributed by atoms with Crippen molar-refractivity contribution in [2.45, 2.75) is 296 Å². The van der Waals surface area contributed by atoms with Gasteiger partial charge in [-0.3, -0.25) is 18.6 Å². The van der Waals surface area contributed by atoms with E-state index < -0.39 is 26.5 Å². The summed E-state index contributed by atoms with van der Waals surface area (Å²) in [7, 11) is 1.48. The van der Waals surface area contributed by atoms with E-state index in [4.69, 9.17) is 18.5 Å². The minimum atomic E-state index is -4.38. The quantitative estimate of drug-likeness (QED) is 0.0211. The van der Waals surface area contributed by atoms with E-state index >= 15 is 0 Å². The molecule has 0 aliphatic rings. The van der Waals surface area contributed by atoms with Crippen molar-refractivity contribution in [2.24, 2.45) is 0 Å². The average Bonchev–Trinajstić information content (AvgIpc) is 3.35. The number of hydrogen-bond acceptors (Lipinski definition) is 7. The zero-order valence-electron chi connectivity index (χ0n) is 48.6. The number of quaternary nitrogens is 1. The molecule has 0 saturated carbocycles. The molecule has 0 aromatic heterocycles. The van der Waals surface area contributed by atoms with Crippen molar-refractivity contribution in [3.8, 4) is 0 Å². The van der Waals surface area contributed by atoms with Crippen LogP contribution in [0.3, 0.4) is 0 Å². The van der Waals surface area contributed by atoms with Crippen molar-refractivity contribution < 1.29 is 42.1 Å². The van der Waals surface area contributed by atoms with Crippen molar-refractivity contribution in [1.82, 2.24) is 0 Å². The van der Waals surface area contributed by atoms with Crippen LogP contribution in [0.4, 0.5) is 0 Å². The second kappa shape index (κ2) is 54.7. The highest BCUT2D eigenvalue weighted by atomic mass is 31.2. The van der Waals surface area contributed by atoms with Gasteiger partial charge in [-0.25, -0.2) is 4.57 Å². The number of nitrogens with zero attached hydrogens (tertiary/aromatic N) is 1. The Morgan fingerprint density at radius 3 is 1.16 bits per heavy atom. The normalized spacial score (nSPS) is 13.6. The van der Waals surface area contributed by atoms with E-state index in [0.717, 1.165) is 70.6 Å². The lowest BCUT2D eigenvalue weighted by Crippen LogP contribution is -2.37. The summed E-state index contributed by atoms with van der Waals surface area (Å²) in [5, 5.41) is 0. The maximum Gasteiger partial charge on any atom is 0.472 e. The number of esters is 2. The molecule has 0 saturated heterocycles. The fraction of sp³-hybridized carbons (Fsp3) is 0.841. The molecule has 0 aromatic carbocycles. The van der Waals surface area contributed by atoms with E-state index in [1.165, 1.54) is 186 Å². The van der Waals surface area contributed by atoms with Crippen molar-refractivity contribution in [3.05, 3.63) is 48.6 Å². The van der Waals surface area contributed by atoms with Crippen LogP contribution in [0.5, 0.6) is 0 Å². The molecule has 0 rings (SSSR count). The summed E-state index contributed by atoms with van der Waals surface area (Å²) in [6, 6.07) is 0. The van der Waals surface area contributed by atoms with E-state index in [0.29, 0.717) is 17.4 Å². The second-order valence-electron chi connectivity index (χ2n) is 22.1. The molecule has 2 atom stereocenters. The van der Waals surface area contributed by atoms with Crippen molar-refractivity contribution in [2.75, 3.05) is 47.5 Å². The molecular formula is C63H119NO8P+. The highest BCUT2D eigenvalue weighted by Gasteiger charge is 2.27.